The fourth-order valence-corrected chi connectivity index (χ4v) is 3.71. The van der Waals surface area contributed by atoms with Gasteiger partial charge in [-0.25, -0.2) is 18.1 Å². The molecular weight excluding hydrogens is 288 g/mol. The van der Waals surface area contributed by atoms with Crippen LogP contribution >= 0.6 is 0 Å². The number of benzene rings is 1. The van der Waals surface area contributed by atoms with Gasteiger partial charge in [0.05, 0.1) is 5.69 Å². The fraction of sp³-hybridized carbons (Fsp3) is 0.214. The van der Waals surface area contributed by atoms with Crippen LogP contribution < -0.4 is 16.0 Å². The Labute approximate surface area is 123 Å². The van der Waals surface area contributed by atoms with Crippen LogP contribution in [-0.4, -0.2) is 19.9 Å². The van der Waals surface area contributed by atoms with Crippen molar-refractivity contribution in [2.24, 2.45) is 5.84 Å². The number of hydrazine groups is 1. The Morgan fingerprint density at radius 2 is 2.05 bits per heavy atom. The number of pyridine rings is 1. The van der Waals surface area contributed by atoms with Crippen LogP contribution in [0.25, 0.3) is 0 Å². The van der Waals surface area contributed by atoms with Crippen LogP contribution in [0.3, 0.4) is 0 Å². The number of anilines is 1. The molecule has 0 amide bonds. The second-order valence-corrected chi connectivity index (χ2v) is 6.63. The zero-order valence-corrected chi connectivity index (χ0v) is 12.1. The van der Waals surface area contributed by atoms with E-state index in [2.05, 4.69) is 21.2 Å². The average Bonchev–Trinajstić information content (AvgIpc) is 2.48. The zero-order chi connectivity index (χ0) is 14.9. The second-order valence-electron chi connectivity index (χ2n) is 4.95. The molecule has 1 aromatic heterocycles. The number of aromatic nitrogens is 1. The maximum absolute atomic E-state index is 12.3. The number of hydrogen-bond acceptors (Lipinski definition) is 5. The van der Waals surface area contributed by atoms with E-state index in [0.717, 1.165) is 6.42 Å². The van der Waals surface area contributed by atoms with Crippen LogP contribution in [0, 0.1) is 0 Å². The molecule has 0 aliphatic heterocycles. The number of rotatable bonds is 5. The normalized spacial score (nSPS) is 16.9. The Morgan fingerprint density at radius 1 is 1.24 bits per heavy atom. The van der Waals surface area contributed by atoms with Gasteiger partial charge in [0, 0.05) is 18.7 Å². The number of nitrogens with one attached hydrogen (secondary N) is 2. The van der Waals surface area contributed by atoms with E-state index < -0.39 is 10.0 Å². The third-order valence-electron chi connectivity index (χ3n) is 3.66. The molecule has 0 radical (unpaired) electrons. The Hall–Kier alpha value is -1.96. The summed E-state index contributed by atoms with van der Waals surface area (Å²) in [7, 11) is -3.68. The minimum absolute atomic E-state index is 0.0832. The van der Waals surface area contributed by atoms with E-state index >= 15 is 0 Å². The highest BCUT2D eigenvalue weighted by Crippen LogP contribution is 2.34. The summed E-state index contributed by atoms with van der Waals surface area (Å²) >= 11 is 0. The molecule has 110 valence electrons. The summed E-state index contributed by atoms with van der Waals surface area (Å²) in [5.41, 5.74) is 5.12. The molecule has 1 aromatic carbocycles. The molecule has 0 bridgehead atoms. The molecule has 2 aromatic rings. The van der Waals surface area contributed by atoms with Gasteiger partial charge in [0.1, 0.15) is 0 Å². The van der Waals surface area contributed by atoms with Gasteiger partial charge in [-0.15, -0.1) is 0 Å². The van der Waals surface area contributed by atoms with Crippen molar-refractivity contribution in [3.8, 4) is 0 Å². The summed E-state index contributed by atoms with van der Waals surface area (Å²) in [5.74, 6) is 5.54. The zero-order valence-electron chi connectivity index (χ0n) is 11.3. The highest BCUT2D eigenvalue weighted by Gasteiger charge is 2.28. The Morgan fingerprint density at radius 3 is 2.81 bits per heavy atom. The van der Waals surface area contributed by atoms with Crippen molar-refractivity contribution in [2.45, 2.75) is 17.4 Å². The first-order chi connectivity index (χ1) is 10.1. The summed E-state index contributed by atoms with van der Waals surface area (Å²) in [6, 6.07) is 11.2. The summed E-state index contributed by atoms with van der Waals surface area (Å²) < 4.78 is 27.2. The maximum Gasteiger partial charge on any atom is 0.260 e. The largest absolute Gasteiger partial charge is 0.321 e. The lowest BCUT2D eigenvalue weighted by atomic mass is 9.78. The summed E-state index contributed by atoms with van der Waals surface area (Å²) in [5, 5.41) is -0.0832. The number of fused-ring (bicyclic) bond motifs is 1. The second kappa shape index (κ2) is 5.44. The molecule has 1 aliphatic rings. The highest BCUT2D eigenvalue weighted by molar-refractivity contribution is 7.89. The third kappa shape index (κ3) is 2.63. The molecule has 3 rings (SSSR count). The van der Waals surface area contributed by atoms with Gasteiger partial charge in [-0.05, 0) is 29.7 Å². The molecular formula is C14H16N4O2S. The molecule has 6 nitrogen and oxygen atoms in total. The first-order valence-electron chi connectivity index (χ1n) is 6.61. The Bertz CT molecular complexity index is 761. The van der Waals surface area contributed by atoms with Crippen molar-refractivity contribution >= 4 is 15.7 Å². The van der Waals surface area contributed by atoms with Crippen molar-refractivity contribution in [3.63, 3.8) is 0 Å². The van der Waals surface area contributed by atoms with Gasteiger partial charge >= 0.3 is 0 Å². The van der Waals surface area contributed by atoms with Gasteiger partial charge in [-0.1, -0.05) is 24.3 Å². The predicted octanol–water partition coefficient (Wildman–Crippen LogP) is 0.985. The lowest BCUT2D eigenvalue weighted by Crippen LogP contribution is -2.34. The van der Waals surface area contributed by atoms with E-state index in [1.54, 1.807) is 12.1 Å². The summed E-state index contributed by atoms with van der Waals surface area (Å²) in [4.78, 5) is 3.89. The SMILES string of the molecule is NNc1cccnc1S(=O)(=O)NCC1Cc2ccccc21. The molecule has 21 heavy (non-hydrogen) atoms. The van der Waals surface area contributed by atoms with Crippen LogP contribution in [0.5, 0.6) is 0 Å². The standard InChI is InChI=1S/C14H16N4O2S/c15-18-13-6-3-7-16-14(13)21(19,20)17-9-11-8-10-4-1-2-5-12(10)11/h1-7,11,17-18H,8-9,15H2. The van der Waals surface area contributed by atoms with Gasteiger partial charge in [-0.3, -0.25) is 5.84 Å². The quantitative estimate of drug-likeness (QED) is 0.565. The molecule has 0 spiro atoms. The lowest BCUT2D eigenvalue weighted by Gasteiger charge is -2.30. The highest BCUT2D eigenvalue weighted by atomic mass is 32.2. The molecule has 1 aliphatic carbocycles. The van der Waals surface area contributed by atoms with Crippen LogP contribution in [-0.2, 0) is 16.4 Å². The van der Waals surface area contributed by atoms with Crippen molar-refractivity contribution < 1.29 is 8.42 Å². The van der Waals surface area contributed by atoms with Crippen molar-refractivity contribution in [1.29, 1.82) is 0 Å². The number of nitrogen functional groups attached to an aromatic ring is 1. The van der Waals surface area contributed by atoms with Gasteiger partial charge in [0.25, 0.3) is 10.0 Å². The van der Waals surface area contributed by atoms with Crippen LogP contribution in [0.1, 0.15) is 17.0 Å². The molecule has 0 fully saturated rings. The van der Waals surface area contributed by atoms with E-state index in [1.807, 2.05) is 18.2 Å². The number of sulfonamides is 1. The van der Waals surface area contributed by atoms with E-state index in [0.29, 0.717) is 6.54 Å². The number of hydrogen-bond donors (Lipinski definition) is 3. The van der Waals surface area contributed by atoms with Gasteiger partial charge in [-0.2, -0.15) is 0 Å². The van der Waals surface area contributed by atoms with Crippen molar-refractivity contribution in [3.05, 3.63) is 53.7 Å². The summed E-state index contributed by atoms with van der Waals surface area (Å²) in [6.07, 6.45) is 2.32. The lowest BCUT2D eigenvalue weighted by molar-refractivity contribution is 0.549. The first kappa shape index (κ1) is 14.0. The van der Waals surface area contributed by atoms with Crippen molar-refractivity contribution in [1.82, 2.24) is 9.71 Å². The maximum atomic E-state index is 12.3. The van der Waals surface area contributed by atoms with E-state index in [4.69, 9.17) is 5.84 Å². The molecule has 0 saturated carbocycles. The molecule has 4 N–H and O–H groups in total. The third-order valence-corrected chi connectivity index (χ3v) is 5.04. The molecule has 1 atom stereocenters. The molecule has 7 heteroatoms. The molecule has 1 unspecified atom stereocenters. The molecule has 1 heterocycles. The smallest absolute Gasteiger partial charge is 0.260 e. The van der Waals surface area contributed by atoms with Crippen LogP contribution in [0.4, 0.5) is 5.69 Å². The number of nitrogens with zero attached hydrogens (tertiary/aromatic N) is 1. The van der Waals surface area contributed by atoms with Crippen LogP contribution in [0.2, 0.25) is 0 Å². The minimum atomic E-state index is -3.68. The first-order valence-corrected chi connectivity index (χ1v) is 8.09. The summed E-state index contributed by atoms with van der Waals surface area (Å²) in [6.45, 7) is 0.361. The molecule has 0 saturated heterocycles. The monoisotopic (exact) mass is 304 g/mol. The van der Waals surface area contributed by atoms with E-state index in [-0.39, 0.29) is 16.6 Å². The average molecular weight is 304 g/mol. The topological polar surface area (TPSA) is 97.1 Å². The Kier molecular flexibility index (Phi) is 3.62. The van der Waals surface area contributed by atoms with Gasteiger partial charge in [0.15, 0.2) is 5.03 Å². The van der Waals surface area contributed by atoms with E-state index in [1.165, 1.54) is 17.3 Å². The Balaban J connectivity index is 1.73. The van der Waals surface area contributed by atoms with Crippen LogP contribution in [0.15, 0.2) is 47.6 Å². The predicted molar refractivity (Wildman–Crippen MR) is 80.1 cm³/mol. The number of nitrogens with two attached hydrogens (primary N) is 1. The fourth-order valence-electron chi connectivity index (χ4n) is 2.54. The van der Waals surface area contributed by atoms with Gasteiger partial charge < -0.3 is 5.43 Å². The van der Waals surface area contributed by atoms with E-state index in [9.17, 15) is 8.42 Å². The van der Waals surface area contributed by atoms with Crippen molar-refractivity contribution in [2.75, 3.05) is 12.0 Å². The van der Waals surface area contributed by atoms with Gasteiger partial charge in [0.2, 0.25) is 0 Å². The minimum Gasteiger partial charge on any atom is -0.321 e.